The number of hydrogen-bond donors (Lipinski definition) is 0. The molecule has 0 aliphatic rings. The van der Waals surface area contributed by atoms with Crippen molar-refractivity contribution in [1.82, 2.24) is 9.97 Å². The van der Waals surface area contributed by atoms with E-state index >= 15 is 0 Å². The number of carbonyl (C=O) groups is 2. The summed E-state index contributed by atoms with van der Waals surface area (Å²) < 4.78 is 4.42. The molecule has 1 aromatic carbocycles. The smallest absolute Gasteiger partial charge is 0.313 e. The lowest BCUT2D eigenvalue weighted by Gasteiger charge is -2.00. The molecule has 0 saturated carbocycles. The third kappa shape index (κ3) is 2.44. The molecule has 0 aliphatic carbocycles. The van der Waals surface area contributed by atoms with Gasteiger partial charge < -0.3 is 4.74 Å². The summed E-state index contributed by atoms with van der Waals surface area (Å²) in [6.45, 7) is 0. The molecule has 2 aromatic rings. The molecule has 5 heteroatoms. The lowest BCUT2D eigenvalue weighted by Crippen LogP contribution is -2.11. The Kier molecular flexibility index (Phi) is 3.09. The van der Waals surface area contributed by atoms with Crippen LogP contribution in [0.1, 0.15) is 16.9 Å². The van der Waals surface area contributed by atoms with E-state index in [0.29, 0.717) is 11.0 Å². The highest BCUT2D eigenvalue weighted by Gasteiger charge is 2.14. The van der Waals surface area contributed by atoms with Crippen molar-refractivity contribution in [2.24, 2.45) is 0 Å². The molecule has 0 bridgehead atoms. The van der Waals surface area contributed by atoms with Crippen LogP contribution in [0.5, 0.6) is 0 Å². The molecule has 2 rings (SSSR count). The number of Topliss-reactive ketones (excluding diaryl/α,β-unsaturated/α-hetero) is 1. The first-order chi connectivity index (χ1) is 8.20. The van der Waals surface area contributed by atoms with Crippen LogP contribution in [0.3, 0.4) is 0 Å². The summed E-state index contributed by atoms with van der Waals surface area (Å²) in [4.78, 5) is 30.9. The third-order valence-electron chi connectivity index (χ3n) is 2.27. The van der Waals surface area contributed by atoms with Crippen molar-refractivity contribution in [3.8, 4) is 0 Å². The van der Waals surface area contributed by atoms with Crippen molar-refractivity contribution in [1.29, 1.82) is 0 Å². The quantitative estimate of drug-likeness (QED) is 0.452. The van der Waals surface area contributed by atoms with Gasteiger partial charge in [0, 0.05) is 0 Å². The second-order valence-corrected chi connectivity index (χ2v) is 3.42. The number of carbonyl (C=O) groups excluding carboxylic acids is 2. The van der Waals surface area contributed by atoms with E-state index in [2.05, 4.69) is 14.7 Å². The lowest BCUT2D eigenvalue weighted by atomic mass is 10.2. The van der Waals surface area contributed by atoms with E-state index in [1.165, 1.54) is 13.3 Å². The summed E-state index contributed by atoms with van der Waals surface area (Å²) in [5.74, 6) is -0.972. The van der Waals surface area contributed by atoms with Crippen LogP contribution in [0, 0.1) is 0 Å². The molecule has 17 heavy (non-hydrogen) atoms. The van der Waals surface area contributed by atoms with E-state index in [1.807, 2.05) is 12.1 Å². The molecule has 0 atom stereocenters. The van der Waals surface area contributed by atoms with Crippen molar-refractivity contribution in [2.75, 3.05) is 7.11 Å². The maximum absolute atomic E-state index is 11.7. The molecule has 0 amide bonds. The van der Waals surface area contributed by atoms with Gasteiger partial charge in [-0.3, -0.25) is 14.6 Å². The van der Waals surface area contributed by atoms with E-state index in [1.54, 1.807) is 12.1 Å². The fourth-order valence-corrected chi connectivity index (χ4v) is 1.39. The molecule has 0 radical (unpaired) electrons. The normalized spacial score (nSPS) is 10.2. The van der Waals surface area contributed by atoms with Gasteiger partial charge in [0.05, 0.1) is 24.3 Å². The van der Waals surface area contributed by atoms with Crippen LogP contribution in [-0.4, -0.2) is 28.8 Å². The summed E-state index contributed by atoms with van der Waals surface area (Å²) in [7, 11) is 1.24. The fourth-order valence-electron chi connectivity index (χ4n) is 1.39. The maximum Gasteiger partial charge on any atom is 0.313 e. The molecular weight excluding hydrogens is 220 g/mol. The monoisotopic (exact) mass is 230 g/mol. The van der Waals surface area contributed by atoms with Crippen LogP contribution in [-0.2, 0) is 9.53 Å². The molecule has 1 heterocycles. The number of methoxy groups -OCH3 is 1. The first-order valence-electron chi connectivity index (χ1n) is 5.02. The zero-order valence-electron chi connectivity index (χ0n) is 9.21. The van der Waals surface area contributed by atoms with Gasteiger partial charge in [0.25, 0.3) is 0 Å². The van der Waals surface area contributed by atoms with Crippen LogP contribution in [0.25, 0.3) is 11.0 Å². The van der Waals surface area contributed by atoms with Crippen LogP contribution >= 0.6 is 0 Å². The van der Waals surface area contributed by atoms with E-state index in [0.717, 1.165) is 0 Å². The molecule has 0 fully saturated rings. The molecule has 0 spiro atoms. The van der Waals surface area contributed by atoms with E-state index in [-0.39, 0.29) is 12.1 Å². The largest absolute Gasteiger partial charge is 0.469 e. The number of nitrogens with zero attached hydrogens (tertiary/aromatic N) is 2. The Labute approximate surface area is 97.4 Å². The number of fused-ring (bicyclic) bond motifs is 1. The van der Waals surface area contributed by atoms with Gasteiger partial charge in [-0.2, -0.15) is 0 Å². The number of ether oxygens (including phenoxy) is 1. The van der Waals surface area contributed by atoms with Gasteiger partial charge in [-0.05, 0) is 12.1 Å². The van der Waals surface area contributed by atoms with E-state index < -0.39 is 11.8 Å². The first-order valence-corrected chi connectivity index (χ1v) is 5.02. The molecule has 1 aromatic heterocycles. The fraction of sp³-hybridized carbons (Fsp3) is 0.167. The maximum atomic E-state index is 11.7. The van der Waals surface area contributed by atoms with Gasteiger partial charge in [0.2, 0.25) is 0 Å². The minimum atomic E-state index is -0.579. The average Bonchev–Trinajstić information content (AvgIpc) is 2.38. The van der Waals surface area contributed by atoms with Crippen LogP contribution in [0.4, 0.5) is 0 Å². The Morgan fingerprint density at radius 2 is 1.94 bits per heavy atom. The van der Waals surface area contributed by atoms with Gasteiger partial charge in [-0.25, -0.2) is 4.98 Å². The predicted molar refractivity (Wildman–Crippen MR) is 60.5 cm³/mol. The zero-order chi connectivity index (χ0) is 12.3. The van der Waals surface area contributed by atoms with Crippen LogP contribution in [0.2, 0.25) is 0 Å². The number of para-hydroxylation sites is 2. The summed E-state index contributed by atoms with van der Waals surface area (Å²) in [5, 5.41) is 0. The molecule has 5 nitrogen and oxygen atoms in total. The highest BCUT2D eigenvalue weighted by atomic mass is 16.5. The minimum Gasteiger partial charge on any atom is -0.469 e. The number of benzene rings is 1. The molecule has 0 N–H and O–H groups in total. The standard InChI is InChI=1S/C12H10N2O3/c1-17-12(16)6-11(15)10-7-13-8-4-2-3-5-9(8)14-10/h2-5,7H,6H2,1H3. The number of esters is 1. The topological polar surface area (TPSA) is 69.2 Å². The third-order valence-corrected chi connectivity index (χ3v) is 2.27. The molecular formula is C12H10N2O3. The van der Waals surface area contributed by atoms with Gasteiger partial charge >= 0.3 is 5.97 Å². The summed E-state index contributed by atoms with van der Waals surface area (Å²) in [6.07, 6.45) is 1.05. The molecule has 86 valence electrons. The Hall–Kier alpha value is -2.30. The van der Waals surface area contributed by atoms with Gasteiger partial charge in [0.15, 0.2) is 5.78 Å². The summed E-state index contributed by atoms with van der Waals surface area (Å²) in [6, 6.07) is 7.21. The second-order valence-electron chi connectivity index (χ2n) is 3.42. The van der Waals surface area contributed by atoms with E-state index in [4.69, 9.17) is 0 Å². The van der Waals surface area contributed by atoms with Crippen molar-refractivity contribution in [3.05, 3.63) is 36.2 Å². The Morgan fingerprint density at radius 1 is 1.24 bits per heavy atom. The van der Waals surface area contributed by atoms with Crippen molar-refractivity contribution >= 4 is 22.8 Å². The summed E-state index contributed by atoms with van der Waals surface area (Å²) in [5.41, 5.74) is 1.51. The highest BCUT2D eigenvalue weighted by Crippen LogP contribution is 2.09. The number of ketones is 1. The van der Waals surface area contributed by atoms with Crippen LogP contribution in [0.15, 0.2) is 30.5 Å². The minimum absolute atomic E-state index is 0.175. The van der Waals surface area contributed by atoms with E-state index in [9.17, 15) is 9.59 Å². The Bertz CT molecular complexity index is 581. The van der Waals surface area contributed by atoms with Gasteiger partial charge in [0.1, 0.15) is 12.1 Å². The van der Waals surface area contributed by atoms with Gasteiger partial charge in [-0.1, -0.05) is 12.1 Å². The second kappa shape index (κ2) is 4.69. The zero-order valence-corrected chi connectivity index (χ0v) is 9.21. The predicted octanol–water partition coefficient (Wildman–Crippen LogP) is 1.38. The Balaban J connectivity index is 2.30. The van der Waals surface area contributed by atoms with Gasteiger partial charge in [-0.15, -0.1) is 0 Å². The number of aromatic nitrogens is 2. The molecule has 0 aliphatic heterocycles. The van der Waals surface area contributed by atoms with Crippen molar-refractivity contribution < 1.29 is 14.3 Å². The number of rotatable bonds is 3. The summed E-state index contributed by atoms with van der Waals surface area (Å²) >= 11 is 0. The number of hydrogen-bond acceptors (Lipinski definition) is 5. The molecule has 0 unspecified atom stereocenters. The lowest BCUT2D eigenvalue weighted by molar-refractivity contribution is -0.139. The first kappa shape index (κ1) is 11.2. The molecule has 0 saturated heterocycles. The Morgan fingerprint density at radius 3 is 2.65 bits per heavy atom. The van der Waals surface area contributed by atoms with Crippen molar-refractivity contribution in [3.63, 3.8) is 0 Å². The van der Waals surface area contributed by atoms with Crippen molar-refractivity contribution in [2.45, 2.75) is 6.42 Å². The highest BCUT2D eigenvalue weighted by molar-refractivity contribution is 6.05. The average molecular weight is 230 g/mol. The SMILES string of the molecule is COC(=O)CC(=O)c1cnc2ccccc2n1. The van der Waals surface area contributed by atoms with Crippen LogP contribution < -0.4 is 0 Å².